The molecule has 0 saturated heterocycles. The van der Waals surface area contributed by atoms with Crippen molar-refractivity contribution in [1.29, 1.82) is 0 Å². The molecule has 2 heterocycles. The van der Waals surface area contributed by atoms with E-state index in [1.165, 1.54) is 23.0 Å². The predicted octanol–water partition coefficient (Wildman–Crippen LogP) is 0.599. The summed E-state index contributed by atoms with van der Waals surface area (Å²) < 4.78 is 7.37. The summed E-state index contributed by atoms with van der Waals surface area (Å²) in [5.74, 6) is -1.24. The standard InChI is InChI=1S/C12H10N4O3/c1-15-9(4-5-14-15)11(17)16-8-3-2-7(13)6-10(8)19-12(16)18/h2-6H,13H2,1H3. The lowest BCUT2D eigenvalue weighted by molar-refractivity contribution is 0.0947. The van der Waals surface area contributed by atoms with Crippen LogP contribution in [0.5, 0.6) is 0 Å². The van der Waals surface area contributed by atoms with Gasteiger partial charge in [-0.05, 0) is 18.2 Å². The molecule has 0 amide bonds. The molecule has 0 atom stereocenters. The highest BCUT2D eigenvalue weighted by atomic mass is 16.4. The predicted molar refractivity (Wildman–Crippen MR) is 67.8 cm³/mol. The average molecular weight is 258 g/mol. The molecular formula is C12H10N4O3. The highest BCUT2D eigenvalue weighted by molar-refractivity contribution is 5.99. The summed E-state index contributed by atoms with van der Waals surface area (Å²) >= 11 is 0. The van der Waals surface area contributed by atoms with Gasteiger partial charge in [0, 0.05) is 25.0 Å². The van der Waals surface area contributed by atoms with E-state index in [4.69, 9.17) is 10.2 Å². The van der Waals surface area contributed by atoms with E-state index in [0.29, 0.717) is 16.9 Å². The molecule has 0 aliphatic rings. The minimum atomic E-state index is -0.744. The largest absolute Gasteiger partial charge is 0.427 e. The van der Waals surface area contributed by atoms with Crippen LogP contribution in [0.3, 0.4) is 0 Å². The lowest BCUT2D eigenvalue weighted by Crippen LogP contribution is -2.25. The zero-order valence-electron chi connectivity index (χ0n) is 10.0. The van der Waals surface area contributed by atoms with Gasteiger partial charge in [-0.2, -0.15) is 5.10 Å². The molecule has 0 spiro atoms. The Morgan fingerprint density at radius 1 is 1.37 bits per heavy atom. The number of fused-ring (bicyclic) bond motifs is 1. The highest BCUT2D eigenvalue weighted by Crippen LogP contribution is 2.17. The van der Waals surface area contributed by atoms with Crippen LogP contribution in [-0.4, -0.2) is 20.3 Å². The van der Waals surface area contributed by atoms with Crippen molar-refractivity contribution in [3.63, 3.8) is 0 Å². The average Bonchev–Trinajstić information content (AvgIpc) is 2.90. The molecule has 0 bridgehead atoms. The Kier molecular flexibility index (Phi) is 2.28. The van der Waals surface area contributed by atoms with Crippen LogP contribution in [0.2, 0.25) is 0 Å². The number of rotatable bonds is 1. The molecule has 0 radical (unpaired) electrons. The van der Waals surface area contributed by atoms with Crippen molar-refractivity contribution in [3.8, 4) is 0 Å². The number of anilines is 1. The quantitative estimate of drug-likeness (QED) is 0.645. The summed E-state index contributed by atoms with van der Waals surface area (Å²) in [5.41, 5.74) is 7.02. The first-order chi connectivity index (χ1) is 9.08. The van der Waals surface area contributed by atoms with Gasteiger partial charge in [0.15, 0.2) is 5.58 Å². The molecule has 0 saturated carbocycles. The minimum Gasteiger partial charge on any atom is -0.407 e. The monoisotopic (exact) mass is 258 g/mol. The molecule has 3 aromatic rings. The first-order valence-electron chi connectivity index (χ1n) is 5.52. The SMILES string of the molecule is Cn1nccc1C(=O)n1c(=O)oc2cc(N)ccc21. The molecule has 96 valence electrons. The van der Waals surface area contributed by atoms with Crippen molar-refractivity contribution in [1.82, 2.24) is 14.3 Å². The van der Waals surface area contributed by atoms with Crippen LogP contribution in [0, 0.1) is 0 Å². The van der Waals surface area contributed by atoms with Crippen LogP contribution in [0.1, 0.15) is 10.5 Å². The molecule has 0 fully saturated rings. The molecule has 1 aromatic carbocycles. The minimum absolute atomic E-state index is 0.278. The van der Waals surface area contributed by atoms with Gasteiger partial charge in [-0.15, -0.1) is 0 Å². The maximum Gasteiger partial charge on any atom is 0.427 e. The van der Waals surface area contributed by atoms with E-state index < -0.39 is 11.7 Å². The number of nitrogens with zero attached hydrogens (tertiary/aromatic N) is 3. The summed E-state index contributed by atoms with van der Waals surface area (Å²) in [6, 6.07) is 6.21. The number of nitrogen functional groups attached to an aromatic ring is 1. The van der Waals surface area contributed by atoms with Crippen LogP contribution < -0.4 is 11.5 Å². The van der Waals surface area contributed by atoms with E-state index in [1.54, 1.807) is 19.2 Å². The number of aryl methyl sites for hydroxylation is 1. The lowest BCUT2D eigenvalue weighted by atomic mass is 10.3. The molecule has 2 N–H and O–H groups in total. The van der Waals surface area contributed by atoms with Crippen LogP contribution in [0.15, 0.2) is 39.7 Å². The normalized spacial score (nSPS) is 11.0. The lowest BCUT2D eigenvalue weighted by Gasteiger charge is -2.01. The second kappa shape index (κ2) is 3.84. The van der Waals surface area contributed by atoms with Gasteiger partial charge in [-0.25, -0.2) is 9.36 Å². The van der Waals surface area contributed by atoms with Crippen molar-refractivity contribution < 1.29 is 9.21 Å². The second-order valence-corrected chi connectivity index (χ2v) is 4.08. The summed E-state index contributed by atoms with van der Waals surface area (Å²) in [5, 5.41) is 3.90. The van der Waals surface area contributed by atoms with Crippen molar-refractivity contribution in [3.05, 3.63) is 46.7 Å². The molecule has 3 rings (SSSR count). The van der Waals surface area contributed by atoms with E-state index in [0.717, 1.165) is 4.57 Å². The number of nitrogens with two attached hydrogens (primary N) is 1. The zero-order chi connectivity index (χ0) is 13.6. The maximum atomic E-state index is 12.3. The Hall–Kier alpha value is -2.83. The number of carbonyl (C=O) groups is 1. The first kappa shape index (κ1) is 11.3. The van der Waals surface area contributed by atoms with Crippen molar-refractivity contribution in [2.45, 2.75) is 0 Å². The number of carbonyl (C=O) groups excluding carboxylic acids is 1. The van der Waals surface area contributed by atoms with Crippen LogP contribution >= 0.6 is 0 Å². The molecule has 0 aliphatic heterocycles. The van der Waals surface area contributed by atoms with E-state index in [9.17, 15) is 9.59 Å². The van der Waals surface area contributed by atoms with Gasteiger partial charge < -0.3 is 10.2 Å². The Bertz CT molecular complexity index is 840. The Morgan fingerprint density at radius 2 is 2.16 bits per heavy atom. The second-order valence-electron chi connectivity index (χ2n) is 4.08. The third-order valence-corrected chi connectivity index (χ3v) is 2.85. The van der Waals surface area contributed by atoms with Crippen LogP contribution in [-0.2, 0) is 7.05 Å². The van der Waals surface area contributed by atoms with E-state index in [2.05, 4.69) is 5.10 Å². The van der Waals surface area contributed by atoms with Gasteiger partial charge in [0.25, 0.3) is 5.91 Å². The number of hydrogen-bond donors (Lipinski definition) is 1. The van der Waals surface area contributed by atoms with Gasteiger partial charge >= 0.3 is 5.76 Å². The van der Waals surface area contributed by atoms with Gasteiger partial charge in [0.1, 0.15) is 5.69 Å². The van der Waals surface area contributed by atoms with Crippen LogP contribution in [0.25, 0.3) is 11.1 Å². The van der Waals surface area contributed by atoms with Crippen LogP contribution in [0.4, 0.5) is 5.69 Å². The summed E-state index contributed by atoms with van der Waals surface area (Å²) in [7, 11) is 1.62. The van der Waals surface area contributed by atoms with Gasteiger partial charge in [0.2, 0.25) is 0 Å². The fraction of sp³-hybridized carbons (Fsp3) is 0.0833. The highest BCUT2D eigenvalue weighted by Gasteiger charge is 2.19. The Balaban J connectivity index is 2.26. The third kappa shape index (κ3) is 1.63. The molecule has 19 heavy (non-hydrogen) atoms. The Morgan fingerprint density at radius 3 is 2.84 bits per heavy atom. The summed E-state index contributed by atoms with van der Waals surface area (Å²) in [6.45, 7) is 0. The first-order valence-corrected chi connectivity index (χ1v) is 5.52. The fourth-order valence-corrected chi connectivity index (χ4v) is 1.93. The zero-order valence-corrected chi connectivity index (χ0v) is 10.0. The third-order valence-electron chi connectivity index (χ3n) is 2.85. The number of benzene rings is 1. The molecule has 0 unspecified atom stereocenters. The number of oxazole rings is 1. The Labute approximate surface area is 106 Å². The smallest absolute Gasteiger partial charge is 0.407 e. The topological polar surface area (TPSA) is 96.0 Å². The summed E-state index contributed by atoms with van der Waals surface area (Å²) in [6.07, 6.45) is 1.48. The van der Waals surface area contributed by atoms with Crippen molar-refractivity contribution in [2.24, 2.45) is 7.05 Å². The van der Waals surface area contributed by atoms with E-state index in [-0.39, 0.29) is 5.58 Å². The fourth-order valence-electron chi connectivity index (χ4n) is 1.93. The number of aromatic nitrogens is 3. The van der Waals surface area contributed by atoms with Gasteiger partial charge in [-0.3, -0.25) is 9.48 Å². The molecule has 2 aromatic heterocycles. The summed E-state index contributed by atoms with van der Waals surface area (Å²) in [4.78, 5) is 24.1. The van der Waals surface area contributed by atoms with Gasteiger partial charge in [-0.1, -0.05) is 0 Å². The molecular weight excluding hydrogens is 248 g/mol. The maximum absolute atomic E-state index is 12.3. The molecule has 0 aliphatic carbocycles. The number of hydrogen-bond acceptors (Lipinski definition) is 5. The van der Waals surface area contributed by atoms with Crippen molar-refractivity contribution >= 4 is 22.7 Å². The molecule has 7 nitrogen and oxygen atoms in total. The van der Waals surface area contributed by atoms with Gasteiger partial charge in [0.05, 0.1) is 5.52 Å². The molecule has 7 heteroatoms. The van der Waals surface area contributed by atoms with E-state index >= 15 is 0 Å². The van der Waals surface area contributed by atoms with E-state index in [1.807, 2.05) is 0 Å². The van der Waals surface area contributed by atoms with Crippen molar-refractivity contribution in [2.75, 3.05) is 5.73 Å².